The highest BCUT2D eigenvalue weighted by atomic mass is 16.6. The number of Topliss-reactive ketones (excluding diaryl/α,β-unsaturated/α-hetero) is 1. The maximum atomic E-state index is 12.8. The van der Waals surface area contributed by atoms with E-state index in [1.165, 1.54) is 13.0 Å². The van der Waals surface area contributed by atoms with Crippen molar-refractivity contribution < 1.29 is 33.8 Å². The average molecular weight is 388 g/mol. The van der Waals surface area contributed by atoms with E-state index in [1.807, 2.05) is 6.92 Å². The molecule has 1 aliphatic heterocycles. The van der Waals surface area contributed by atoms with Gasteiger partial charge in [-0.3, -0.25) is 9.59 Å². The zero-order chi connectivity index (χ0) is 20.7. The first-order valence-corrected chi connectivity index (χ1v) is 9.41. The quantitative estimate of drug-likeness (QED) is 0.243. The smallest absolute Gasteiger partial charge is 0.343 e. The van der Waals surface area contributed by atoms with Gasteiger partial charge in [-0.25, -0.2) is 4.79 Å². The van der Waals surface area contributed by atoms with Crippen LogP contribution >= 0.6 is 0 Å². The molecule has 0 radical (unpaired) electrons. The van der Waals surface area contributed by atoms with Crippen LogP contribution in [0.5, 0.6) is 5.95 Å². The predicted octanol–water partition coefficient (Wildman–Crippen LogP) is 2.88. The van der Waals surface area contributed by atoms with Gasteiger partial charge in [0, 0.05) is 18.4 Å². The molecular weight excluding hydrogens is 364 g/mol. The third-order valence-corrected chi connectivity index (χ3v) is 5.60. The molecule has 0 saturated carbocycles. The van der Waals surface area contributed by atoms with Crippen molar-refractivity contribution in [2.75, 3.05) is 0 Å². The molecule has 0 aromatic carbocycles. The lowest BCUT2D eigenvalue weighted by atomic mass is 9.68. The van der Waals surface area contributed by atoms with E-state index in [0.717, 1.165) is 12.8 Å². The van der Waals surface area contributed by atoms with Gasteiger partial charge in [-0.2, -0.15) is 0 Å². The third kappa shape index (κ3) is 2.73. The molecule has 2 atom stereocenters. The Balaban J connectivity index is 2.26. The second kappa shape index (κ2) is 7.05. The minimum Gasteiger partial charge on any atom is -0.480 e. The summed E-state index contributed by atoms with van der Waals surface area (Å²) in [6.45, 7) is 5.21. The van der Waals surface area contributed by atoms with Crippen LogP contribution in [-0.4, -0.2) is 39.5 Å². The van der Waals surface area contributed by atoms with E-state index in [2.05, 4.69) is 0 Å². The monoisotopic (exact) mass is 388 g/mol. The first-order chi connectivity index (χ1) is 13.2. The van der Waals surface area contributed by atoms with Crippen molar-refractivity contribution in [3.8, 4) is 5.95 Å². The van der Waals surface area contributed by atoms with Gasteiger partial charge in [-0.05, 0) is 20.3 Å². The van der Waals surface area contributed by atoms with Crippen molar-refractivity contribution in [1.29, 1.82) is 0 Å². The number of fused-ring (bicyclic) bond motifs is 3. The Morgan fingerprint density at radius 1 is 1.32 bits per heavy atom. The van der Waals surface area contributed by atoms with Crippen LogP contribution in [0.2, 0.25) is 0 Å². The Morgan fingerprint density at radius 3 is 2.64 bits per heavy atom. The summed E-state index contributed by atoms with van der Waals surface area (Å²) in [4.78, 5) is 37.0. The lowest BCUT2D eigenvalue weighted by Gasteiger charge is -2.43. The first-order valence-electron chi connectivity index (χ1n) is 9.41. The molecule has 2 unspecified atom stereocenters. The van der Waals surface area contributed by atoms with Crippen LogP contribution in [-0.2, 0) is 20.7 Å². The number of aliphatic hydroxyl groups is 1. The van der Waals surface area contributed by atoms with Crippen LogP contribution in [0, 0.1) is 0 Å². The molecule has 7 nitrogen and oxygen atoms in total. The summed E-state index contributed by atoms with van der Waals surface area (Å²) in [5.74, 6) is -1.81. The lowest BCUT2D eigenvalue weighted by molar-refractivity contribution is -0.161. The van der Waals surface area contributed by atoms with Crippen LogP contribution in [0.4, 0.5) is 0 Å². The summed E-state index contributed by atoms with van der Waals surface area (Å²) in [6, 6.07) is 0. The topological polar surface area (TPSA) is 114 Å². The summed E-state index contributed by atoms with van der Waals surface area (Å²) in [5, 5.41) is 21.4. The molecule has 28 heavy (non-hydrogen) atoms. The average Bonchev–Trinajstić information content (AvgIpc) is 3.08. The van der Waals surface area contributed by atoms with Crippen LogP contribution in [0.1, 0.15) is 68.1 Å². The largest absolute Gasteiger partial charge is 0.480 e. The summed E-state index contributed by atoms with van der Waals surface area (Å²) >= 11 is 0. The van der Waals surface area contributed by atoms with E-state index >= 15 is 0 Å². The highest BCUT2D eigenvalue weighted by molar-refractivity contribution is 6.26. The molecule has 0 bridgehead atoms. The Labute approximate surface area is 162 Å². The minimum atomic E-state index is -1.71. The molecule has 1 aliphatic carbocycles. The standard InChI is InChI=1S/C21H24O7/c1-4-6-7-8-14(23)15-16-17-12(13(11-22)18(24)27-17)10-21(26,9-5-2)20(16,3)28-19(15)25/h5,9,11,24,26H,4,6-8,10H2,1-3H3/b9-5+. The van der Waals surface area contributed by atoms with Crippen molar-refractivity contribution in [3.63, 3.8) is 0 Å². The second-order valence-electron chi connectivity index (χ2n) is 7.40. The number of rotatable bonds is 7. The normalized spacial score (nSPS) is 26.4. The zero-order valence-corrected chi connectivity index (χ0v) is 16.2. The molecule has 150 valence electrons. The molecule has 0 fully saturated rings. The van der Waals surface area contributed by atoms with Crippen molar-refractivity contribution in [3.05, 3.63) is 34.6 Å². The maximum absolute atomic E-state index is 12.8. The minimum absolute atomic E-state index is 0.0426. The number of carbonyl (C=O) groups excluding carboxylic acids is 3. The molecular formula is C21H24O7. The first kappa shape index (κ1) is 20.1. The fourth-order valence-electron chi connectivity index (χ4n) is 4.07. The second-order valence-corrected chi connectivity index (χ2v) is 7.40. The van der Waals surface area contributed by atoms with E-state index in [4.69, 9.17) is 9.15 Å². The Hall–Kier alpha value is -2.67. The highest BCUT2D eigenvalue weighted by Crippen LogP contribution is 2.55. The van der Waals surface area contributed by atoms with Crippen molar-refractivity contribution in [2.24, 2.45) is 0 Å². The van der Waals surface area contributed by atoms with Gasteiger partial charge in [0.2, 0.25) is 0 Å². The Morgan fingerprint density at radius 2 is 2.04 bits per heavy atom. The number of carbonyl (C=O) groups is 3. The summed E-state index contributed by atoms with van der Waals surface area (Å²) < 4.78 is 10.9. The van der Waals surface area contributed by atoms with Crippen molar-refractivity contribution in [1.82, 2.24) is 0 Å². The molecule has 0 saturated heterocycles. The highest BCUT2D eigenvalue weighted by Gasteiger charge is 2.62. The van der Waals surface area contributed by atoms with Crippen molar-refractivity contribution >= 4 is 23.6 Å². The van der Waals surface area contributed by atoms with Gasteiger partial charge in [0.1, 0.15) is 22.5 Å². The molecule has 2 N–H and O–H groups in total. The van der Waals surface area contributed by atoms with Gasteiger partial charge >= 0.3 is 5.97 Å². The summed E-state index contributed by atoms with van der Waals surface area (Å²) in [5.41, 5.74) is -3.25. The van der Waals surface area contributed by atoms with Crippen LogP contribution < -0.4 is 0 Å². The van der Waals surface area contributed by atoms with E-state index in [0.29, 0.717) is 12.7 Å². The van der Waals surface area contributed by atoms with Crippen molar-refractivity contribution in [2.45, 2.75) is 64.1 Å². The van der Waals surface area contributed by atoms with Gasteiger partial charge < -0.3 is 19.4 Å². The number of unbranched alkanes of at least 4 members (excludes halogenated alkanes) is 2. The number of aldehydes is 1. The van der Waals surface area contributed by atoms with Crippen LogP contribution in [0.15, 0.2) is 22.1 Å². The number of aromatic hydroxyl groups is 1. The molecule has 1 aromatic rings. The fourth-order valence-corrected chi connectivity index (χ4v) is 4.07. The number of hydrogen-bond donors (Lipinski definition) is 2. The Bertz CT molecular complexity index is 904. The third-order valence-electron chi connectivity index (χ3n) is 5.60. The summed E-state index contributed by atoms with van der Waals surface area (Å²) in [6.07, 6.45) is 5.91. The molecule has 2 aliphatic rings. The van der Waals surface area contributed by atoms with E-state index in [1.54, 1.807) is 13.0 Å². The maximum Gasteiger partial charge on any atom is 0.343 e. The summed E-state index contributed by atoms with van der Waals surface area (Å²) in [7, 11) is 0. The number of allylic oxidation sites excluding steroid dienone is 1. The van der Waals surface area contributed by atoms with Gasteiger partial charge in [0.05, 0.1) is 5.57 Å². The molecule has 0 amide bonds. The van der Waals surface area contributed by atoms with Gasteiger partial charge in [-0.1, -0.05) is 31.9 Å². The van der Waals surface area contributed by atoms with E-state index in [9.17, 15) is 24.6 Å². The van der Waals surface area contributed by atoms with Crippen LogP contribution in [0.25, 0.3) is 5.57 Å². The predicted molar refractivity (Wildman–Crippen MR) is 99.8 cm³/mol. The number of ether oxygens (including phenoxy) is 1. The van der Waals surface area contributed by atoms with Gasteiger partial charge in [0.15, 0.2) is 17.7 Å². The Kier molecular flexibility index (Phi) is 5.06. The van der Waals surface area contributed by atoms with Crippen LogP contribution in [0.3, 0.4) is 0 Å². The molecule has 7 heteroatoms. The zero-order valence-electron chi connectivity index (χ0n) is 16.2. The lowest BCUT2D eigenvalue weighted by Crippen LogP contribution is -2.56. The SMILES string of the molecule is C/C=C/C1(O)Cc2c(oc(O)c2C=O)C2=C(C(=O)CCCCC)C(=O)OC21C. The number of esters is 1. The molecule has 1 aromatic heterocycles. The number of ketones is 1. The fraction of sp³-hybridized carbons (Fsp3) is 0.476. The molecule has 2 heterocycles. The number of hydrogen-bond acceptors (Lipinski definition) is 7. The van der Waals surface area contributed by atoms with E-state index in [-0.39, 0.29) is 40.9 Å². The molecule has 0 spiro atoms. The van der Waals surface area contributed by atoms with Gasteiger partial charge in [-0.15, -0.1) is 0 Å². The molecule has 3 rings (SSSR count). The number of furan rings is 1. The van der Waals surface area contributed by atoms with E-state index < -0.39 is 28.9 Å². The van der Waals surface area contributed by atoms with Gasteiger partial charge in [0.25, 0.3) is 5.95 Å².